The van der Waals surface area contributed by atoms with E-state index in [9.17, 15) is 14.9 Å². The molecule has 0 radical (unpaired) electrons. The molecule has 9 nitrogen and oxygen atoms in total. The van der Waals surface area contributed by atoms with E-state index in [4.69, 9.17) is 11.6 Å². The van der Waals surface area contributed by atoms with Crippen LogP contribution in [0.25, 0.3) is 0 Å². The van der Waals surface area contributed by atoms with Crippen LogP contribution in [0, 0.1) is 10.1 Å². The number of aryl methyl sites for hydroxylation is 1. The second-order valence-electron chi connectivity index (χ2n) is 5.12. The Hall–Kier alpha value is -2.42. The molecule has 0 aliphatic carbocycles. The zero-order valence-corrected chi connectivity index (χ0v) is 13.8. The quantitative estimate of drug-likeness (QED) is 0.589. The van der Waals surface area contributed by atoms with Crippen molar-refractivity contribution in [3.63, 3.8) is 0 Å². The van der Waals surface area contributed by atoms with Gasteiger partial charge in [-0.15, -0.1) is 0 Å². The number of rotatable bonds is 6. The van der Waals surface area contributed by atoms with E-state index in [1.54, 1.807) is 18.8 Å². The molecular formula is C13H17ClN6O3. The van der Waals surface area contributed by atoms with E-state index >= 15 is 0 Å². The smallest absolute Gasteiger partial charge is 0.307 e. The first-order valence-electron chi connectivity index (χ1n) is 6.95. The minimum absolute atomic E-state index is 0.145. The minimum atomic E-state index is -0.610. The molecule has 1 unspecified atom stereocenters. The van der Waals surface area contributed by atoms with E-state index in [1.165, 1.54) is 22.0 Å². The third-order valence-electron chi connectivity index (χ3n) is 3.56. The number of nitrogens with zero attached hydrogens (tertiary/aromatic N) is 6. The standard InChI is InChI=1S/C13H17ClN6O3/c1-4-11(19-7-9(5-16-19)20(22)23)13(21)17(2)8-12-10(14)6-15-18(12)3/h5-7,11H,4,8H2,1-3H3. The van der Waals surface area contributed by atoms with E-state index < -0.39 is 11.0 Å². The summed E-state index contributed by atoms with van der Waals surface area (Å²) in [5.41, 5.74) is 0.567. The van der Waals surface area contributed by atoms with Crippen molar-refractivity contribution in [1.29, 1.82) is 0 Å². The molecule has 0 saturated carbocycles. The summed E-state index contributed by atoms with van der Waals surface area (Å²) in [6.45, 7) is 2.11. The number of carbonyl (C=O) groups excluding carboxylic acids is 1. The van der Waals surface area contributed by atoms with Crippen molar-refractivity contribution in [3.05, 3.63) is 39.4 Å². The maximum absolute atomic E-state index is 12.6. The van der Waals surface area contributed by atoms with E-state index in [0.29, 0.717) is 17.1 Å². The Labute approximate surface area is 137 Å². The van der Waals surface area contributed by atoms with Gasteiger partial charge in [-0.05, 0) is 6.42 Å². The molecule has 0 aromatic carbocycles. The summed E-state index contributed by atoms with van der Waals surface area (Å²) in [4.78, 5) is 24.3. The highest BCUT2D eigenvalue weighted by Crippen LogP contribution is 2.20. The second-order valence-corrected chi connectivity index (χ2v) is 5.52. The predicted octanol–water partition coefficient (Wildman–Crippen LogP) is 1.79. The number of amides is 1. The van der Waals surface area contributed by atoms with E-state index in [0.717, 1.165) is 6.20 Å². The molecule has 0 N–H and O–H groups in total. The first kappa shape index (κ1) is 16.9. The summed E-state index contributed by atoms with van der Waals surface area (Å²) < 4.78 is 2.92. The predicted molar refractivity (Wildman–Crippen MR) is 82.9 cm³/mol. The van der Waals surface area contributed by atoms with Crippen LogP contribution in [-0.2, 0) is 18.4 Å². The van der Waals surface area contributed by atoms with Crippen LogP contribution in [0.15, 0.2) is 18.6 Å². The Morgan fingerprint density at radius 3 is 2.65 bits per heavy atom. The van der Waals surface area contributed by atoms with Crippen LogP contribution >= 0.6 is 11.6 Å². The van der Waals surface area contributed by atoms with Crippen molar-refractivity contribution in [1.82, 2.24) is 24.5 Å². The maximum atomic E-state index is 12.6. The molecule has 0 saturated heterocycles. The number of nitro groups is 1. The van der Waals surface area contributed by atoms with Gasteiger partial charge in [-0.25, -0.2) is 0 Å². The van der Waals surface area contributed by atoms with E-state index in [2.05, 4.69) is 10.2 Å². The lowest BCUT2D eigenvalue weighted by Gasteiger charge is -2.23. The van der Waals surface area contributed by atoms with Gasteiger partial charge in [-0.2, -0.15) is 10.2 Å². The molecule has 0 aliphatic rings. The Balaban J connectivity index is 2.16. The molecule has 2 aromatic rings. The van der Waals surface area contributed by atoms with Crippen molar-refractivity contribution in [3.8, 4) is 0 Å². The van der Waals surface area contributed by atoms with Crippen LogP contribution in [0.2, 0.25) is 5.02 Å². The van der Waals surface area contributed by atoms with Gasteiger partial charge in [0.2, 0.25) is 5.91 Å². The topological polar surface area (TPSA) is 99.1 Å². The van der Waals surface area contributed by atoms with Gasteiger partial charge in [0, 0.05) is 14.1 Å². The molecule has 1 atom stereocenters. The number of aromatic nitrogens is 4. The Morgan fingerprint density at radius 1 is 1.48 bits per heavy atom. The molecular weight excluding hydrogens is 324 g/mol. The molecule has 2 rings (SSSR count). The zero-order valence-electron chi connectivity index (χ0n) is 13.0. The number of carbonyl (C=O) groups is 1. The lowest BCUT2D eigenvalue weighted by Crippen LogP contribution is -2.34. The summed E-state index contributed by atoms with van der Waals surface area (Å²) in [5.74, 6) is -0.206. The molecule has 124 valence electrons. The average Bonchev–Trinajstić information content (AvgIpc) is 3.10. The first-order valence-corrected chi connectivity index (χ1v) is 7.32. The molecule has 0 aliphatic heterocycles. The van der Waals surface area contributed by atoms with Gasteiger partial charge >= 0.3 is 5.69 Å². The fraction of sp³-hybridized carbons (Fsp3) is 0.462. The fourth-order valence-electron chi connectivity index (χ4n) is 2.24. The van der Waals surface area contributed by atoms with Crippen LogP contribution in [0.4, 0.5) is 5.69 Å². The lowest BCUT2D eigenvalue weighted by molar-refractivity contribution is -0.385. The fourth-order valence-corrected chi connectivity index (χ4v) is 2.46. The third kappa shape index (κ3) is 3.50. The highest BCUT2D eigenvalue weighted by Gasteiger charge is 2.25. The number of halogens is 1. The largest absolute Gasteiger partial charge is 0.338 e. The number of hydrogen-bond acceptors (Lipinski definition) is 5. The monoisotopic (exact) mass is 340 g/mol. The maximum Gasteiger partial charge on any atom is 0.307 e. The molecule has 0 spiro atoms. The molecule has 0 fully saturated rings. The first-order chi connectivity index (χ1) is 10.8. The Bertz CT molecular complexity index is 706. The second kappa shape index (κ2) is 6.78. The number of likely N-dealkylation sites (N-methyl/N-ethyl adjacent to an activating group) is 1. The molecule has 23 heavy (non-hydrogen) atoms. The van der Waals surface area contributed by atoms with Gasteiger partial charge in [0.05, 0.1) is 28.4 Å². The van der Waals surface area contributed by atoms with Crippen molar-refractivity contribution < 1.29 is 9.72 Å². The molecule has 10 heteroatoms. The van der Waals surface area contributed by atoms with Crippen LogP contribution in [-0.4, -0.2) is 42.3 Å². The SMILES string of the molecule is CCC(C(=O)N(C)Cc1c(Cl)cnn1C)n1cc([N+](=O)[O-])cn1. The van der Waals surface area contributed by atoms with Crippen molar-refractivity contribution >= 4 is 23.2 Å². The number of hydrogen-bond donors (Lipinski definition) is 0. The third-order valence-corrected chi connectivity index (χ3v) is 3.88. The highest BCUT2D eigenvalue weighted by atomic mass is 35.5. The van der Waals surface area contributed by atoms with E-state index in [1.807, 2.05) is 6.92 Å². The zero-order chi connectivity index (χ0) is 17.1. The lowest BCUT2D eigenvalue weighted by atomic mass is 10.2. The highest BCUT2D eigenvalue weighted by molar-refractivity contribution is 6.31. The summed E-state index contributed by atoms with van der Waals surface area (Å²) >= 11 is 6.05. The van der Waals surface area contributed by atoms with Gasteiger partial charge in [0.25, 0.3) is 0 Å². The minimum Gasteiger partial charge on any atom is -0.338 e. The van der Waals surface area contributed by atoms with Gasteiger partial charge in [-0.1, -0.05) is 18.5 Å². The molecule has 2 aromatic heterocycles. The summed E-state index contributed by atoms with van der Waals surface area (Å²) in [6, 6.07) is -0.610. The Kier molecular flexibility index (Phi) is 4.99. The average molecular weight is 341 g/mol. The van der Waals surface area contributed by atoms with Crippen LogP contribution in [0.1, 0.15) is 25.1 Å². The van der Waals surface area contributed by atoms with Gasteiger partial charge in [-0.3, -0.25) is 24.3 Å². The van der Waals surface area contributed by atoms with Crippen LogP contribution in [0.5, 0.6) is 0 Å². The van der Waals surface area contributed by atoms with Gasteiger partial charge in [0.15, 0.2) is 0 Å². The molecule has 1 amide bonds. The van der Waals surface area contributed by atoms with Crippen LogP contribution < -0.4 is 0 Å². The summed E-state index contributed by atoms with van der Waals surface area (Å²) in [6.07, 6.45) is 4.37. The van der Waals surface area contributed by atoms with Gasteiger partial charge < -0.3 is 4.90 Å². The molecule has 2 heterocycles. The van der Waals surface area contributed by atoms with Crippen molar-refractivity contribution in [2.75, 3.05) is 7.05 Å². The van der Waals surface area contributed by atoms with E-state index in [-0.39, 0.29) is 18.1 Å². The summed E-state index contributed by atoms with van der Waals surface area (Å²) in [7, 11) is 3.39. The Morgan fingerprint density at radius 2 is 2.17 bits per heavy atom. The molecule has 0 bridgehead atoms. The van der Waals surface area contributed by atoms with Crippen molar-refractivity contribution in [2.45, 2.75) is 25.9 Å². The summed E-state index contributed by atoms with van der Waals surface area (Å²) in [5, 5.41) is 19.2. The van der Waals surface area contributed by atoms with Gasteiger partial charge in [0.1, 0.15) is 18.4 Å². The van der Waals surface area contributed by atoms with Crippen LogP contribution in [0.3, 0.4) is 0 Å². The van der Waals surface area contributed by atoms with Crippen molar-refractivity contribution in [2.24, 2.45) is 7.05 Å². The normalized spacial score (nSPS) is 12.2.